The number of nitrogens with zero attached hydrogens (tertiary/aromatic N) is 4. The lowest BCUT2D eigenvalue weighted by atomic mass is 9.87. The molecule has 0 saturated carbocycles. The van der Waals surface area contributed by atoms with Gasteiger partial charge >= 0.3 is 0 Å². The van der Waals surface area contributed by atoms with Gasteiger partial charge in [0.15, 0.2) is 23.1 Å². The van der Waals surface area contributed by atoms with Crippen LogP contribution in [0.5, 0.6) is 23.1 Å². The average molecular weight is 670 g/mol. The van der Waals surface area contributed by atoms with E-state index in [0.717, 1.165) is 5.56 Å². The lowest BCUT2D eigenvalue weighted by molar-refractivity contribution is -0.116. The van der Waals surface area contributed by atoms with Crippen LogP contribution in [0.4, 0.5) is 17.2 Å². The molecule has 0 aliphatic carbocycles. The van der Waals surface area contributed by atoms with Crippen molar-refractivity contribution in [2.45, 2.75) is 37.5 Å². The third-order valence-corrected chi connectivity index (χ3v) is 8.30. The van der Waals surface area contributed by atoms with Crippen molar-refractivity contribution in [3.63, 3.8) is 0 Å². The monoisotopic (exact) mass is 669 g/mol. The SMILES string of the molecule is COc1ccccc1Oc1c(NS(=O)(=O)c2ccc(C(C)(C)C)cc2)nc(-c2ncccn2)nc1OCCC(=O)Nc1ccccc1N. The Morgan fingerprint density at radius 1 is 0.854 bits per heavy atom. The fourth-order valence-corrected chi connectivity index (χ4v) is 5.41. The van der Waals surface area contributed by atoms with Crippen molar-refractivity contribution < 1.29 is 27.4 Å². The van der Waals surface area contributed by atoms with Crippen LogP contribution < -0.4 is 30.0 Å². The number of ether oxygens (including phenoxy) is 3. The first-order valence-corrected chi connectivity index (χ1v) is 16.3. The third-order valence-electron chi connectivity index (χ3n) is 6.95. The molecular weight excluding hydrogens is 634 g/mol. The number of nitrogens with two attached hydrogens (primary N) is 1. The van der Waals surface area contributed by atoms with E-state index in [-0.39, 0.29) is 64.1 Å². The molecule has 0 atom stereocenters. The number of rotatable bonds is 12. The van der Waals surface area contributed by atoms with E-state index in [1.54, 1.807) is 66.7 Å². The summed E-state index contributed by atoms with van der Waals surface area (Å²) in [5.74, 6) is -0.364. The lowest BCUT2D eigenvalue weighted by Crippen LogP contribution is -2.18. The maximum atomic E-state index is 13.8. The number of carbonyl (C=O) groups excluding carboxylic acids is 1. The van der Waals surface area contributed by atoms with Gasteiger partial charge in [-0.3, -0.25) is 9.52 Å². The molecule has 5 aromatic rings. The van der Waals surface area contributed by atoms with E-state index in [0.29, 0.717) is 17.1 Å². The van der Waals surface area contributed by atoms with Gasteiger partial charge in [-0.1, -0.05) is 57.2 Å². The molecule has 2 aromatic heterocycles. The summed E-state index contributed by atoms with van der Waals surface area (Å²) in [6.45, 7) is 5.93. The van der Waals surface area contributed by atoms with E-state index in [1.165, 1.54) is 31.6 Å². The van der Waals surface area contributed by atoms with E-state index in [4.69, 9.17) is 19.9 Å². The van der Waals surface area contributed by atoms with Crippen molar-refractivity contribution in [2.75, 3.05) is 29.5 Å². The van der Waals surface area contributed by atoms with Gasteiger partial charge in [0.25, 0.3) is 15.9 Å². The first-order chi connectivity index (χ1) is 22.9. The number of amides is 1. The second-order valence-electron chi connectivity index (χ2n) is 11.5. The molecule has 0 radical (unpaired) electrons. The Hall–Kier alpha value is -5.76. The van der Waals surface area contributed by atoms with Gasteiger partial charge in [-0.2, -0.15) is 4.98 Å². The maximum absolute atomic E-state index is 13.8. The minimum Gasteiger partial charge on any atom is -0.493 e. The van der Waals surface area contributed by atoms with Gasteiger partial charge in [0, 0.05) is 12.4 Å². The van der Waals surface area contributed by atoms with Crippen molar-refractivity contribution in [3.8, 4) is 34.8 Å². The first kappa shape index (κ1) is 33.6. The van der Waals surface area contributed by atoms with Crippen molar-refractivity contribution >= 4 is 33.1 Å². The van der Waals surface area contributed by atoms with Crippen molar-refractivity contribution in [1.82, 2.24) is 19.9 Å². The van der Waals surface area contributed by atoms with Crippen LogP contribution in [-0.2, 0) is 20.2 Å². The Morgan fingerprint density at radius 3 is 2.19 bits per heavy atom. The minimum absolute atomic E-state index is 0.00538. The second-order valence-corrected chi connectivity index (χ2v) is 13.2. The van der Waals surface area contributed by atoms with Crippen LogP contribution in [0, 0.1) is 0 Å². The summed E-state index contributed by atoms with van der Waals surface area (Å²) in [7, 11) is -2.75. The van der Waals surface area contributed by atoms with Crippen LogP contribution in [0.15, 0.2) is 96.2 Å². The highest BCUT2D eigenvalue weighted by Gasteiger charge is 2.26. The third kappa shape index (κ3) is 8.14. The lowest BCUT2D eigenvalue weighted by Gasteiger charge is -2.20. The largest absolute Gasteiger partial charge is 0.493 e. The molecule has 0 fully saturated rings. The number of methoxy groups -OCH3 is 1. The van der Waals surface area contributed by atoms with Gasteiger partial charge in [0.05, 0.1) is 36.4 Å². The molecule has 13 nitrogen and oxygen atoms in total. The number of anilines is 3. The van der Waals surface area contributed by atoms with Crippen LogP contribution in [0.25, 0.3) is 11.6 Å². The van der Waals surface area contributed by atoms with Crippen molar-refractivity contribution in [3.05, 3.63) is 96.8 Å². The van der Waals surface area contributed by atoms with E-state index in [1.807, 2.05) is 20.8 Å². The van der Waals surface area contributed by atoms with E-state index in [2.05, 4.69) is 30.0 Å². The molecule has 0 bridgehead atoms. The molecular formula is C34H35N7O6S. The van der Waals surface area contributed by atoms with Crippen molar-refractivity contribution in [1.29, 1.82) is 0 Å². The standard InChI is InChI=1S/C34H35N7O6S/c1-34(2,3)22-14-16-23(17-15-22)48(43,44)41-30-29(47-27-13-8-7-12-26(27)45-4)33(40-32(39-30)31-36-19-9-20-37-31)46-21-18-28(42)38-25-11-6-5-10-24(25)35/h5-17,19-20H,18,21,35H2,1-4H3,(H,38,42)(H,39,40,41). The zero-order chi connectivity index (χ0) is 34.3. The van der Waals surface area contributed by atoms with Gasteiger partial charge in [-0.25, -0.2) is 23.4 Å². The number of aromatic nitrogens is 4. The highest BCUT2D eigenvalue weighted by molar-refractivity contribution is 7.92. The summed E-state index contributed by atoms with van der Waals surface area (Å²) in [6, 6.07) is 21.8. The minimum atomic E-state index is -4.22. The number of hydrogen-bond donors (Lipinski definition) is 3. The average Bonchev–Trinajstić information content (AvgIpc) is 3.07. The van der Waals surface area contributed by atoms with Gasteiger partial charge in [-0.05, 0) is 53.4 Å². The Balaban J connectivity index is 1.54. The molecule has 2 heterocycles. The number of benzene rings is 3. The van der Waals surface area contributed by atoms with Crippen LogP contribution in [0.3, 0.4) is 0 Å². The summed E-state index contributed by atoms with van der Waals surface area (Å²) in [6.07, 6.45) is 2.88. The van der Waals surface area contributed by atoms with E-state index < -0.39 is 10.0 Å². The summed E-state index contributed by atoms with van der Waals surface area (Å²) in [4.78, 5) is 30.1. The number of nitrogens with one attached hydrogen (secondary N) is 2. The van der Waals surface area contributed by atoms with Crippen molar-refractivity contribution in [2.24, 2.45) is 0 Å². The number of nitrogen functional groups attached to an aromatic ring is 1. The Labute approximate surface area is 278 Å². The summed E-state index contributed by atoms with van der Waals surface area (Å²) in [5, 5.41) is 2.74. The number of hydrogen-bond acceptors (Lipinski definition) is 11. The fraction of sp³-hybridized carbons (Fsp3) is 0.206. The number of para-hydroxylation sites is 4. The van der Waals surface area contributed by atoms with Crippen LogP contribution in [-0.4, -0.2) is 48.0 Å². The predicted octanol–water partition coefficient (Wildman–Crippen LogP) is 5.82. The van der Waals surface area contributed by atoms with Gasteiger partial charge in [-0.15, -0.1) is 0 Å². The van der Waals surface area contributed by atoms with E-state index >= 15 is 0 Å². The van der Waals surface area contributed by atoms with Gasteiger partial charge in [0.2, 0.25) is 17.5 Å². The molecule has 0 spiro atoms. The molecule has 0 aliphatic rings. The van der Waals surface area contributed by atoms with Crippen LogP contribution in [0.2, 0.25) is 0 Å². The highest BCUT2D eigenvalue weighted by atomic mass is 32.2. The van der Waals surface area contributed by atoms with Gasteiger partial charge < -0.3 is 25.3 Å². The molecule has 5 rings (SSSR count). The molecule has 0 aliphatic heterocycles. The van der Waals surface area contributed by atoms with Crippen LogP contribution >= 0.6 is 0 Å². The molecule has 0 unspecified atom stereocenters. The Morgan fingerprint density at radius 2 is 1.52 bits per heavy atom. The number of sulfonamides is 1. The second kappa shape index (κ2) is 14.3. The first-order valence-electron chi connectivity index (χ1n) is 14.9. The normalized spacial score (nSPS) is 11.4. The molecule has 4 N–H and O–H groups in total. The summed E-state index contributed by atoms with van der Waals surface area (Å²) in [5.41, 5.74) is 7.60. The zero-order valence-corrected chi connectivity index (χ0v) is 27.6. The molecule has 248 valence electrons. The fourth-order valence-electron chi connectivity index (χ4n) is 4.40. The summed E-state index contributed by atoms with van der Waals surface area (Å²) >= 11 is 0. The quantitative estimate of drug-likeness (QED) is 0.136. The topological polar surface area (TPSA) is 181 Å². The smallest absolute Gasteiger partial charge is 0.263 e. The summed E-state index contributed by atoms with van der Waals surface area (Å²) < 4.78 is 47.7. The predicted molar refractivity (Wildman–Crippen MR) is 182 cm³/mol. The zero-order valence-electron chi connectivity index (χ0n) is 26.8. The molecule has 0 saturated heterocycles. The molecule has 14 heteroatoms. The highest BCUT2D eigenvalue weighted by Crippen LogP contribution is 2.41. The maximum Gasteiger partial charge on any atom is 0.263 e. The Bertz CT molecular complexity index is 2000. The van der Waals surface area contributed by atoms with Gasteiger partial charge in [0.1, 0.15) is 0 Å². The molecule has 1 amide bonds. The number of carbonyl (C=O) groups is 1. The molecule has 48 heavy (non-hydrogen) atoms. The van der Waals surface area contributed by atoms with Crippen LogP contribution in [0.1, 0.15) is 32.8 Å². The van der Waals surface area contributed by atoms with E-state index in [9.17, 15) is 13.2 Å². The Kier molecular flexibility index (Phi) is 10.0. The molecule has 3 aromatic carbocycles.